The Morgan fingerprint density at radius 3 is 2.29 bits per heavy atom. The highest BCUT2D eigenvalue weighted by atomic mass is 19.1. The molecule has 0 saturated carbocycles. The molecule has 0 aromatic heterocycles. The summed E-state index contributed by atoms with van der Waals surface area (Å²) in [6, 6.07) is 1.40. The Kier molecular flexibility index (Phi) is 3.29. The quantitative estimate of drug-likeness (QED) is 0.770. The Labute approximate surface area is 136 Å². The number of benzene rings is 1. The van der Waals surface area contributed by atoms with Gasteiger partial charge in [-0.25, -0.2) is 18.5 Å². The van der Waals surface area contributed by atoms with Crippen molar-refractivity contribution in [2.45, 2.75) is 31.3 Å². The predicted octanol–water partition coefficient (Wildman–Crippen LogP) is 1.50. The summed E-state index contributed by atoms with van der Waals surface area (Å²) in [7, 11) is 0. The first kappa shape index (κ1) is 15.0. The lowest BCUT2D eigenvalue weighted by Crippen LogP contribution is -2.46. The highest BCUT2D eigenvalue weighted by Gasteiger charge is 2.53. The van der Waals surface area contributed by atoms with Gasteiger partial charge in [0.1, 0.15) is 29.4 Å². The lowest BCUT2D eigenvalue weighted by Gasteiger charge is -2.22. The predicted molar refractivity (Wildman–Crippen MR) is 79.1 cm³/mol. The molecule has 24 heavy (non-hydrogen) atoms. The third-order valence-corrected chi connectivity index (χ3v) is 4.92. The summed E-state index contributed by atoms with van der Waals surface area (Å²) < 4.78 is 27.9. The number of fused-ring (bicyclic) bond motifs is 1. The number of rotatable bonds is 2. The molecule has 0 N–H and O–H groups in total. The summed E-state index contributed by atoms with van der Waals surface area (Å²) in [5.41, 5.74) is -0.426. The van der Waals surface area contributed by atoms with E-state index in [4.69, 9.17) is 0 Å². The van der Waals surface area contributed by atoms with E-state index in [1.165, 1.54) is 11.0 Å². The highest BCUT2D eigenvalue weighted by molar-refractivity contribution is 6.11. The molecule has 3 heterocycles. The summed E-state index contributed by atoms with van der Waals surface area (Å²) in [6.07, 6.45) is 1.53. The molecule has 8 heteroatoms. The van der Waals surface area contributed by atoms with E-state index in [0.717, 1.165) is 28.4 Å². The molecule has 0 spiro atoms. The largest absolute Gasteiger partial charge is 0.328 e. The van der Waals surface area contributed by atoms with Gasteiger partial charge in [-0.05, 0) is 31.4 Å². The highest BCUT2D eigenvalue weighted by Crippen LogP contribution is 2.34. The molecule has 6 nitrogen and oxygen atoms in total. The van der Waals surface area contributed by atoms with Gasteiger partial charge in [-0.2, -0.15) is 0 Å². The van der Waals surface area contributed by atoms with Crippen LogP contribution in [0.5, 0.6) is 0 Å². The average Bonchev–Trinajstić information content (AvgIpc) is 3.21. The number of para-hydroxylation sites is 1. The summed E-state index contributed by atoms with van der Waals surface area (Å²) >= 11 is 0. The van der Waals surface area contributed by atoms with Gasteiger partial charge in [0.15, 0.2) is 0 Å². The summed E-state index contributed by atoms with van der Waals surface area (Å²) in [5, 5.41) is 0. The van der Waals surface area contributed by atoms with Gasteiger partial charge in [-0.15, -0.1) is 0 Å². The van der Waals surface area contributed by atoms with Crippen molar-refractivity contribution in [3.8, 4) is 0 Å². The summed E-state index contributed by atoms with van der Waals surface area (Å²) in [6.45, 7) is 0.557. The van der Waals surface area contributed by atoms with Crippen LogP contribution in [0.3, 0.4) is 0 Å². The van der Waals surface area contributed by atoms with Gasteiger partial charge < -0.3 is 9.80 Å². The third-order valence-electron chi connectivity index (χ3n) is 4.92. The van der Waals surface area contributed by atoms with E-state index in [0.29, 0.717) is 13.0 Å². The van der Waals surface area contributed by atoms with E-state index in [-0.39, 0.29) is 18.9 Å². The molecular formula is C16H15F2N3O3. The fraction of sp³-hybridized carbons (Fsp3) is 0.438. The van der Waals surface area contributed by atoms with Crippen LogP contribution in [0.4, 0.5) is 19.3 Å². The minimum Gasteiger partial charge on any atom is -0.312 e. The van der Waals surface area contributed by atoms with Gasteiger partial charge in [-0.1, -0.05) is 6.07 Å². The number of anilines is 1. The zero-order valence-electron chi connectivity index (χ0n) is 12.7. The normalized spacial score (nSPS) is 26.8. The number of nitrogens with zero attached hydrogens (tertiary/aromatic N) is 3. The maximum Gasteiger partial charge on any atom is 0.328 e. The first-order valence-electron chi connectivity index (χ1n) is 7.90. The maximum absolute atomic E-state index is 13.9. The molecule has 126 valence electrons. The molecule has 0 radical (unpaired) electrons. The number of hydrogen-bond donors (Lipinski definition) is 0. The van der Waals surface area contributed by atoms with Crippen molar-refractivity contribution in [1.29, 1.82) is 0 Å². The van der Waals surface area contributed by atoms with Gasteiger partial charge >= 0.3 is 6.03 Å². The van der Waals surface area contributed by atoms with Crippen LogP contribution in [0, 0.1) is 11.6 Å². The van der Waals surface area contributed by atoms with Crippen molar-refractivity contribution in [3.05, 3.63) is 29.8 Å². The Morgan fingerprint density at radius 2 is 1.62 bits per heavy atom. The van der Waals surface area contributed by atoms with Crippen LogP contribution in [0.15, 0.2) is 18.2 Å². The van der Waals surface area contributed by atoms with Gasteiger partial charge in [-0.3, -0.25) is 9.59 Å². The van der Waals surface area contributed by atoms with Gasteiger partial charge in [0.05, 0.1) is 0 Å². The molecule has 4 rings (SSSR count). The van der Waals surface area contributed by atoms with Crippen LogP contribution in [0.2, 0.25) is 0 Å². The van der Waals surface area contributed by atoms with Crippen molar-refractivity contribution >= 4 is 23.5 Å². The number of urea groups is 1. The molecule has 0 unspecified atom stereocenters. The Bertz CT molecular complexity index is 712. The minimum absolute atomic E-state index is 0.0586. The molecule has 1 aromatic carbocycles. The van der Waals surface area contributed by atoms with Gasteiger partial charge in [0.2, 0.25) is 0 Å². The standard InChI is InChI=1S/C16H15F2N3O3/c17-9-3-1-4-10(18)13(9)20-8-6-12(14(20)22)21-15(23)11-5-2-7-19(11)16(21)24/h1,3-4,11-12H,2,5-8H2/t11-,12+/m0/s1. The molecule has 0 bridgehead atoms. The number of carbonyl (C=O) groups is 3. The second-order valence-corrected chi connectivity index (χ2v) is 6.21. The zero-order valence-corrected chi connectivity index (χ0v) is 12.7. The number of carbonyl (C=O) groups excluding carboxylic acids is 3. The molecule has 3 aliphatic rings. The SMILES string of the molecule is O=C1[C@H](N2C(=O)[C@@H]3CCCN3C2=O)CCN1c1c(F)cccc1F. The molecule has 0 aliphatic carbocycles. The van der Waals surface area contributed by atoms with E-state index in [9.17, 15) is 23.2 Å². The molecular weight excluding hydrogens is 320 g/mol. The monoisotopic (exact) mass is 335 g/mol. The Hall–Kier alpha value is -2.51. The smallest absolute Gasteiger partial charge is 0.312 e. The van der Waals surface area contributed by atoms with Crippen LogP contribution in [0.1, 0.15) is 19.3 Å². The van der Waals surface area contributed by atoms with E-state index in [1.807, 2.05) is 0 Å². The minimum atomic E-state index is -0.991. The lowest BCUT2D eigenvalue weighted by atomic mass is 10.1. The molecule has 4 amide bonds. The Balaban J connectivity index is 1.63. The van der Waals surface area contributed by atoms with Crippen molar-refractivity contribution in [2.75, 3.05) is 18.0 Å². The van der Waals surface area contributed by atoms with Crippen LogP contribution in [0.25, 0.3) is 0 Å². The average molecular weight is 335 g/mol. The van der Waals surface area contributed by atoms with E-state index in [2.05, 4.69) is 0 Å². The topological polar surface area (TPSA) is 60.9 Å². The van der Waals surface area contributed by atoms with Crippen LogP contribution in [-0.2, 0) is 9.59 Å². The molecule has 2 atom stereocenters. The second kappa shape index (κ2) is 5.25. The molecule has 3 aliphatic heterocycles. The third kappa shape index (κ3) is 1.95. The molecule has 3 fully saturated rings. The summed E-state index contributed by atoms with van der Waals surface area (Å²) in [5.74, 6) is -2.69. The maximum atomic E-state index is 13.9. The summed E-state index contributed by atoms with van der Waals surface area (Å²) in [4.78, 5) is 40.9. The number of halogens is 2. The van der Waals surface area contributed by atoms with Gasteiger partial charge in [0.25, 0.3) is 11.8 Å². The van der Waals surface area contributed by atoms with Crippen LogP contribution >= 0.6 is 0 Å². The fourth-order valence-corrected chi connectivity index (χ4v) is 3.81. The first-order valence-corrected chi connectivity index (χ1v) is 7.90. The number of amides is 4. The first-order chi connectivity index (χ1) is 11.5. The van der Waals surface area contributed by atoms with Crippen LogP contribution in [-0.4, -0.2) is 52.8 Å². The Morgan fingerprint density at radius 1 is 0.917 bits per heavy atom. The molecule has 1 aromatic rings. The van der Waals surface area contributed by atoms with Crippen LogP contribution < -0.4 is 4.90 Å². The van der Waals surface area contributed by atoms with Crippen molar-refractivity contribution < 1.29 is 23.2 Å². The van der Waals surface area contributed by atoms with E-state index >= 15 is 0 Å². The zero-order chi connectivity index (χ0) is 17.0. The van der Waals surface area contributed by atoms with Crippen molar-refractivity contribution in [1.82, 2.24) is 9.80 Å². The lowest BCUT2D eigenvalue weighted by molar-refractivity contribution is -0.133. The van der Waals surface area contributed by atoms with Crippen molar-refractivity contribution in [3.63, 3.8) is 0 Å². The van der Waals surface area contributed by atoms with E-state index in [1.54, 1.807) is 0 Å². The molecule has 3 saturated heterocycles. The number of imide groups is 1. The van der Waals surface area contributed by atoms with E-state index < -0.39 is 41.3 Å². The van der Waals surface area contributed by atoms with Gasteiger partial charge in [0, 0.05) is 13.1 Å². The number of hydrogen-bond acceptors (Lipinski definition) is 3. The van der Waals surface area contributed by atoms with Crippen molar-refractivity contribution in [2.24, 2.45) is 0 Å². The second-order valence-electron chi connectivity index (χ2n) is 6.21. The fourth-order valence-electron chi connectivity index (χ4n) is 3.81.